The van der Waals surface area contributed by atoms with Crippen molar-refractivity contribution in [3.05, 3.63) is 106 Å². The Hall–Kier alpha value is -3.40. The molecule has 0 aliphatic carbocycles. The normalized spacial score (nSPS) is 10.2. The van der Waals surface area contributed by atoms with Crippen LogP contribution in [0.1, 0.15) is 51.8 Å². The maximum atomic E-state index is 11.7. The lowest BCUT2D eigenvalue weighted by Gasteiger charge is -2.06. The highest BCUT2D eigenvalue weighted by Crippen LogP contribution is 2.13. The number of hydrogen-bond acceptors (Lipinski definition) is 3. The molecule has 4 heteroatoms. The predicted molar refractivity (Wildman–Crippen MR) is 132 cm³/mol. The lowest BCUT2D eigenvalue weighted by atomic mass is 10.0. The second kappa shape index (κ2) is 13.2. The molecule has 3 aromatic carbocycles. The maximum absolute atomic E-state index is 11.7. The van der Waals surface area contributed by atoms with Crippen LogP contribution >= 0.6 is 0 Å². The fraction of sp³-hybridized carbons (Fsp3) is 0.310. The zero-order valence-corrected chi connectivity index (χ0v) is 20.1. The highest BCUT2D eigenvalue weighted by molar-refractivity contribution is 5.69. The Morgan fingerprint density at radius 2 is 1.18 bits per heavy atom. The average Bonchev–Trinajstić information content (AvgIpc) is 2.80. The molecule has 0 amide bonds. The van der Waals surface area contributed by atoms with E-state index in [9.17, 15) is 9.59 Å². The highest BCUT2D eigenvalue weighted by atomic mass is 16.5. The number of carbonyl (C=O) groups excluding carboxylic acids is 1. The molecule has 33 heavy (non-hydrogen) atoms. The van der Waals surface area contributed by atoms with Crippen molar-refractivity contribution < 1.29 is 19.4 Å². The van der Waals surface area contributed by atoms with E-state index in [1.807, 2.05) is 49.4 Å². The van der Waals surface area contributed by atoms with Crippen LogP contribution in [0.25, 0.3) is 0 Å². The molecule has 0 saturated carbocycles. The van der Waals surface area contributed by atoms with Crippen LogP contribution in [0.3, 0.4) is 0 Å². The van der Waals surface area contributed by atoms with E-state index < -0.39 is 5.97 Å². The molecule has 0 aliphatic heterocycles. The Balaban J connectivity index is 0.000000257. The molecule has 0 spiro atoms. The van der Waals surface area contributed by atoms with E-state index in [2.05, 4.69) is 45.0 Å². The fourth-order valence-corrected chi connectivity index (χ4v) is 3.23. The molecular weight excluding hydrogens is 412 g/mol. The van der Waals surface area contributed by atoms with E-state index >= 15 is 0 Å². The van der Waals surface area contributed by atoms with Gasteiger partial charge in [0.1, 0.15) is 6.61 Å². The fourth-order valence-electron chi connectivity index (χ4n) is 3.23. The molecule has 3 aromatic rings. The van der Waals surface area contributed by atoms with Crippen LogP contribution in [-0.4, -0.2) is 17.0 Å². The summed E-state index contributed by atoms with van der Waals surface area (Å²) in [5.74, 6) is -0.884. The standard InChI is InChI=1S/C18H20O2.C11H14O2/c1-14-8-9-16(12-15(14)2)10-11-18(19)20-13-17-6-4-3-5-7-17;1-8-3-4-10(7-9(8)2)5-6-11(12)13/h3-9,12H,10-11,13H2,1-2H3;3-4,7H,5-6H2,1-2H3,(H,12,13). The zero-order chi connectivity index (χ0) is 24.2. The number of esters is 1. The Morgan fingerprint density at radius 3 is 1.67 bits per heavy atom. The molecule has 0 atom stereocenters. The van der Waals surface area contributed by atoms with Gasteiger partial charge < -0.3 is 9.84 Å². The number of carboxylic acids is 1. The second-order valence-electron chi connectivity index (χ2n) is 8.38. The first-order valence-corrected chi connectivity index (χ1v) is 11.3. The highest BCUT2D eigenvalue weighted by Gasteiger charge is 2.05. The third-order valence-electron chi connectivity index (χ3n) is 5.63. The minimum atomic E-state index is -0.738. The number of hydrogen-bond donors (Lipinski definition) is 1. The number of benzene rings is 3. The van der Waals surface area contributed by atoms with Crippen molar-refractivity contribution in [2.24, 2.45) is 0 Å². The summed E-state index contributed by atoms with van der Waals surface area (Å²) in [6.07, 6.45) is 1.99. The van der Waals surface area contributed by atoms with E-state index in [4.69, 9.17) is 9.84 Å². The van der Waals surface area contributed by atoms with Gasteiger partial charge in [0.15, 0.2) is 0 Å². The van der Waals surface area contributed by atoms with Crippen LogP contribution < -0.4 is 0 Å². The smallest absolute Gasteiger partial charge is 0.306 e. The first kappa shape index (κ1) is 25.9. The molecule has 174 valence electrons. The summed E-state index contributed by atoms with van der Waals surface area (Å²) in [4.78, 5) is 22.0. The molecular formula is C29H34O4. The summed E-state index contributed by atoms with van der Waals surface area (Å²) in [6, 6.07) is 22.1. The van der Waals surface area contributed by atoms with Crippen LogP contribution in [0.15, 0.2) is 66.7 Å². The minimum absolute atomic E-state index is 0.146. The lowest BCUT2D eigenvalue weighted by Crippen LogP contribution is -2.06. The molecule has 0 aromatic heterocycles. The third kappa shape index (κ3) is 9.73. The van der Waals surface area contributed by atoms with E-state index in [0.29, 0.717) is 19.4 Å². The van der Waals surface area contributed by atoms with Gasteiger partial charge in [0.05, 0.1) is 0 Å². The molecule has 0 aliphatic rings. The van der Waals surface area contributed by atoms with Gasteiger partial charge in [-0.25, -0.2) is 0 Å². The van der Waals surface area contributed by atoms with Crippen LogP contribution in [0.2, 0.25) is 0 Å². The summed E-state index contributed by atoms with van der Waals surface area (Å²) in [5.41, 5.74) is 8.32. The number of aryl methyl sites for hydroxylation is 6. The number of carbonyl (C=O) groups is 2. The van der Waals surface area contributed by atoms with Gasteiger partial charge in [-0.1, -0.05) is 66.7 Å². The SMILES string of the molecule is Cc1ccc(CCC(=O)O)cc1C.Cc1ccc(CCC(=O)OCc2ccccc2)cc1C. The quantitative estimate of drug-likeness (QED) is 0.412. The van der Waals surface area contributed by atoms with Gasteiger partial charge >= 0.3 is 11.9 Å². The largest absolute Gasteiger partial charge is 0.481 e. The topological polar surface area (TPSA) is 63.6 Å². The van der Waals surface area contributed by atoms with E-state index in [0.717, 1.165) is 17.5 Å². The Labute approximate surface area is 197 Å². The van der Waals surface area contributed by atoms with Gasteiger partial charge in [-0.15, -0.1) is 0 Å². The van der Waals surface area contributed by atoms with Gasteiger partial charge in [0, 0.05) is 12.8 Å². The van der Waals surface area contributed by atoms with Crippen molar-refractivity contribution in [3.8, 4) is 0 Å². The van der Waals surface area contributed by atoms with E-state index in [1.54, 1.807) is 0 Å². The Morgan fingerprint density at radius 1 is 0.667 bits per heavy atom. The van der Waals surface area contributed by atoms with Crippen molar-refractivity contribution in [1.29, 1.82) is 0 Å². The van der Waals surface area contributed by atoms with Crippen molar-refractivity contribution in [3.63, 3.8) is 0 Å². The molecule has 0 saturated heterocycles. The number of rotatable bonds is 8. The Kier molecular flexibility index (Phi) is 10.4. The summed E-state index contributed by atoms with van der Waals surface area (Å²) in [6.45, 7) is 8.63. The molecule has 4 nitrogen and oxygen atoms in total. The molecule has 0 heterocycles. The first-order chi connectivity index (χ1) is 15.7. The molecule has 0 unspecified atom stereocenters. The van der Waals surface area contributed by atoms with Gasteiger partial charge in [0.25, 0.3) is 0 Å². The molecule has 0 radical (unpaired) electrons. The zero-order valence-electron chi connectivity index (χ0n) is 20.1. The van der Waals surface area contributed by atoms with Crippen LogP contribution in [0.5, 0.6) is 0 Å². The molecule has 0 bridgehead atoms. The number of ether oxygens (including phenoxy) is 1. The monoisotopic (exact) mass is 446 g/mol. The van der Waals surface area contributed by atoms with Crippen molar-refractivity contribution in [1.82, 2.24) is 0 Å². The average molecular weight is 447 g/mol. The maximum Gasteiger partial charge on any atom is 0.306 e. The third-order valence-corrected chi connectivity index (χ3v) is 5.63. The van der Waals surface area contributed by atoms with E-state index in [1.165, 1.54) is 27.8 Å². The van der Waals surface area contributed by atoms with Gasteiger partial charge in [-0.3, -0.25) is 9.59 Å². The van der Waals surface area contributed by atoms with Gasteiger partial charge in [0.2, 0.25) is 0 Å². The van der Waals surface area contributed by atoms with E-state index in [-0.39, 0.29) is 12.4 Å². The number of aliphatic carboxylic acids is 1. The lowest BCUT2D eigenvalue weighted by molar-refractivity contribution is -0.145. The first-order valence-electron chi connectivity index (χ1n) is 11.3. The van der Waals surface area contributed by atoms with Crippen molar-refractivity contribution in [2.45, 2.75) is 60.0 Å². The summed E-state index contributed by atoms with van der Waals surface area (Å²) < 4.78 is 5.26. The summed E-state index contributed by atoms with van der Waals surface area (Å²) in [5, 5.41) is 8.50. The predicted octanol–water partition coefficient (Wildman–Crippen LogP) is 6.30. The second-order valence-corrected chi connectivity index (χ2v) is 8.38. The summed E-state index contributed by atoms with van der Waals surface area (Å²) >= 11 is 0. The summed E-state index contributed by atoms with van der Waals surface area (Å²) in [7, 11) is 0. The minimum Gasteiger partial charge on any atom is -0.481 e. The van der Waals surface area contributed by atoms with Gasteiger partial charge in [-0.2, -0.15) is 0 Å². The Bertz CT molecular complexity index is 1050. The molecule has 1 N–H and O–H groups in total. The molecule has 3 rings (SSSR count). The van der Waals surface area contributed by atoms with Crippen molar-refractivity contribution >= 4 is 11.9 Å². The number of carboxylic acid groups (broad SMARTS) is 1. The van der Waals surface area contributed by atoms with Crippen LogP contribution in [0, 0.1) is 27.7 Å². The van der Waals surface area contributed by atoms with Gasteiger partial charge in [-0.05, 0) is 79.5 Å². The molecule has 0 fully saturated rings. The van der Waals surface area contributed by atoms with Crippen LogP contribution in [0.4, 0.5) is 0 Å². The van der Waals surface area contributed by atoms with Crippen LogP contribution in [-0.2, 0) is 33.8 Å². The van der Waals surface area contributed by atoms with Crippen molar-refractivity contribution in [2.75, 3.05) is 0 Å².